The molecular weight excluding hydrogens is 168 g/mol. The van der Waals surface area contributed by atoms with Crippen LogP contribution in [-0.4, -0.2) is 13.2 Å². The monoisotopic (exact) mass is 174 g/mol. The van der Waals surface area contributed by atoms with Crippen LogP contribution in [0.15, 0.2) is 23.2 Å². The second-order valence-electron chi connectivity index (χ2n) is 2.20. The van der Waals surface area contributed by atoms with Crippen LogP contribution in [-0.2, 0) is 4.79 Å². The topological polar surface area (TPSA) is 62.4 Å². The van der Waals surface area contributed by atoms with Crippen molar-refractivity contribution in [3.05, 3.63) is 23.8 Å². The summed E-state index contributed by atoms with van der Waals surface area (Å²) in [6.07, 6.45) is 1.38. The van der Waals surface area contributed by atoms with Crippen molar-refractivity contribution >= 4 is 11.8 Å². The van der Waals surface area contributed by atoms with Gasteiger partial charge in [-0.2, -0.15) is 10.3 Å². The molecule has 1 aromatic rings. The zero-order chi connectivity index (χ0) is 9.68. The summed E-state index contributed by atoms with van der Waals surface area (Å²) >= 11 is 0. The van der Waals surface area contributed by atoms with E-state index >= 15 is 0 Å². The van der Waals surface area contributed by atoms with Crippen LogP contribution in [0.4, 0.5) is 5.69 Å². The number of carbonyl (C=O) groups excluding carboxylic acids is 1. The van der Waals surface area contributed by atoms with Gasteiger partial charge in [0.2, 0.25) is 6.08 Å². The van der Waals surface area contributed by atoms with Crippen LogP contribution >= 0.6 is 0 Å². The Balaban J connectivity index is 3.25. The average Bonchev–Trinajstić information content (AvgIpc) is 2.19. The molecule has 0 amide bonds. The van der Waals surface area contributed by atoms with Gasteiger partial charge in [-0.1, -0.05) is 0 Å². The van der Waals surface area contributed by atoms with E-state index in [4.69, 9.17) is 10.00 Å². The fourth-order valence-corrected chi connectivity index (χ4v) is 0.878. The summed E-state index contributed by atoms with van der Waals surface area (Å²) in [7, 11) is 1.50. The first kappa shape index (κ1) is 8.98. The van der Waals surface area contributed by atoms with E-state index in [-0.39, 0.29) is 0 Å². The van der Waals surface area contributed by atoms with Crippen LogP contribution in [0.2, 0.25) is 0 Å². The number of hydrogen-bond donors (Lipinski definition) is 0. The number of isocyanates is 1. The Labute approximate surface area is 75.1 Å². The minimum absolute atomic E-state index is 0.294. The van der Waals surface area contributed by atoms with E-state index in [0.29, 0.717) is 17.0 Å². The number of nitriles is 1. The van der Waals surface area contributed by atoms with Crippen LogP contribution in [0.3, 0.4) is 0 Å². The zero-order valence-electron chi connectivity index (χ0n) is 6.94. The molecule has 0 aliphatic heterocycles. The molecule has 0 aromatic heterocycles. The molecule has 4 heteroatoms. The molecule has 0 aliphatic carbocycles. The van der Waals surface area contributed by atoms with E-state index in [0.717, 1.165) is 0 Å². The molecule has 0 fully saturated rings. The van der Waals surface area contributed by atoms with Crippen LogP contribution in [0.1, 0.15) is 5.56 Å². The molecule has 0 saturated heterocycles. The first-order valence-electron chi connectivity index (χ1n) is 3.48. The largest absolute Gasteiger partial charge is 0.497 e. The van der Waals surface area contributed by atoms with Gasteiger partial charge >= 0.3 is 0 Å². The van der Waals surface area contributed by atoms with Gasteiger partial charge in [-0.25, -0.2) is 4.79 Å². The molecule has 64 valence electrons. The molecule has 0 saturated carbocycles. The number of hydrogen-bond acceptors (Lipinski definition) is 4. The number of ether oxygens (including phenoxy) is 1. The minimum Gasteiger partial charge on any atom is -0.497 e. The highest BCUT2D eigenvalue weighted by molar-refractivity contribution is 5.60. The third kappa shape index (κ3) is 1.92. The molecule has 0 unspecified atom stereocenters. The Bertz CT molecular complexity index is 401. The van der Waals surface area contributed by atoms with E-state index in [2.05, 4.69) is 4.99 Å². The van der Waals surface area contributed by atoms with Crippen molar-refractivity contribution in [3.8, 4) is 11.8 Å². The summed E-state index contributed by atoms with van der Waals surface area (Å²) in [6, 6.07) is 6.56. The van der Waals surface area contributed by atoms with E-state index in [1.807, 2.05) is 6.07 Å². The predicted octanol–water partition coefficient (Wildman–Crippen LogP) is 1.53. The molecule has 4 nitrogen and oxygen atoms in total. The summed E-state index contributed by atoms with van der Waals surface area (Å²) in [5, 5.41) is 8.67. The summed E-state index contributed by atoms with van der Waals surface area (Å²) < 4.78 is 4.90. The van der Waals surface area contributed by atoms with Gasteiger partial charge in [-0.15, -0.1) is 0 Å². The lowest BCUT2D eigenvalue weighted by molar-refractivity contribution is 0.414. The highest BCUT2D eigenvalue weighted by atomic mass is 16.5. The van der Waals surface area contributed by atoms with Gasteiger partial charge in [-0.05, 0) is 12.1 Å². The summed E-state index contributed by atoms with van der Waals surface area (Å²) in [4.78, 5) is 13.3. The Kier molecular flexibility index (Phi) is 2.80. The summed E-state index contributed by atoms with van der Waals surface area (Å²) in [5.74, 6) is 0.557. The molecule has 0 N–H and O–H groups in total. The number of methoxy groups -OCH3 is 1. The first-order valence-corrected chi connectivity index (χ1v) is 3.48. The first-order chi connectivity index (χ1) is 6.31. The molecule has 0 bridgehead atoms. The Morgan fingerprint density at radius 2 is 2.31 bits per heavy atom. The standard InChI is InChI=1S/C9H6N2O2/c1-13-8-2-3-9(11-6-12)7(4-8)5-10/h2-4H,1H3. The van der Waals surface area contributed by atoms with Crippen LogP contribution in [0.5, 0.6) is 5.75 Å². The maximum absolute atomic E-state index is 9.96. The quantitative estimate of drug-likeness (QED) is 0.504. The van der Waals surface area contributed by atoms with Gasteiger partial charge in [0.05, 0.1) is 18.4 Å². The van der Waals surface area contributed by atoms with Crippen molar-refractivity contribution in [2.45, 2.75) is 0 Å². The molecular formula is C9H6N2O2. The molecule has 1 rings (SSSR count). The number of rotatable bonds is 2. The Morgan fingerprint density at radius 1 is 1.54 bits per heavy atom. The fourth-order valence-electron chi connectivity index (χ4n) is 0.878. The van der Waals surface area contributed by atoms with Gasteiger partial charge < -0.3 is 4.74 Å². The SMILES string of the molecule is COc1ccc(N=C=O)c(C#N)c1. The smallest absolute Gasteiger partial charge is 0.240 e. The van der Waals surface area contributed by atoms with E-state index in [1.165, 1.54) is 25.3 Å². The molecule has 13 heavy (non-hydrogen) atoms. The lowest BCUT2D eigenvalue weighted by Crippen LogP contribution is -1.83. The highest BCUT2D eigenvalue weighted by Crippen LogP contribution is 2.22. The van der Waals surface area contributed by atoms with Crippen molar-refractivity contribution < 1.29 is 9.53 Å². The molecule has 0 aliphatic rings. The number of nitrogens with zero attached hydrogens (tertiary/aromatic N) is 2. The normalized spacial score (nSPS) is 8.31. The predicted molar refractivity (Wildman–Crippen MR) is 45.5 cm³/mol. The summed E-state index contributed by atoms with van der Waals surface area (Å²) in [5.41, 5.74) is 0.598. The van der Waals surface area contributed by atoms with Crippen molar-refractivity contribution in [1.82, 2.24) is 0 Å². The summed E-state index contributed by atoms with van der Waals surface area (Å²) in [6.45, 7) is 0. The average molecular weight is 174 g/mol. The maximum Gasteiger partial charge on any atom is 0.240 e. The Hall–Kier alpha value is -2.11. The Morgan fingerprint density at radius 3 is 2.85 bits per heavy atom. The molecule has 0 heterocycles. The van der Waals surface area contributed by atoms with Crippen LogP contribution < -0.4 is 4.74 Å². The molecule has 0 radical (unpaired) electrons. The second-order valence-corrected chi connectivity index (χ2v) is 2.20. The van der Waals surface area contributed by atoms with Crippen molar-refractivity contribution in [1.29, 1.82) is 5.26 Å². The van der Waals surface area contributed by atoms with E-state index in [9.17, 15) is 4.79 Å². The van der Waals surface area contributed by atoms with Crippen molar-refractivity contribution in [2.75, 3.05) is 7.11 Å². The van der Waals surface area contributed by atoms with Gasteiger partial charge in [0.25, 0.3) is 0 Å². The third-order valence-corrected chi connectivity index (χ3v) is 1.49. The molecule has 0 atom stereocenters. The van der Waals surface area contributed by atoms with Crippen molar-refractivity contribution in [3.63, 3.8) is 0 Å². The number of aliphatic imine (C=N–C) groups is 1. The van der Waals surface area contributed by atoms with E-state index in [1.54, 1.807) is 6.07 Å². The molecule has 1 aromatic carbocycles. The second kappa shape index (κ2) is 4.05. The van der Waals surface area contributed by atoms with Gasteiger partial charge in [0, 0.05) is 6.07 Å². The maximum atomic E-state index is 9.96. The lowest BCUT2D eigenvalue weighted by Gasteiger charge is -2.00. The van der Waals surface area contributed by atoms with Crippen molar-refractivity contribution in [2.24, 2.45) is 4.99 Å². The molecule has 0 spiro atoms. The van der Waals surface area contributed by atoms with Gasteiger partial charge in [0.1, 0.15) is 11.8 Å². The highest BCUT2D eigenvalue weighted by Gasteiger charge is 2.01. The van der Waals surface area contributed by atoms with Gasteiger partial charge in [0.15, 0.2) is 0 Å². The minimum atomic E-state index is 0.294. The third-order valence-electron chi connectivity index (χ3n) is 1.49. The number of benzene rings is 1. The zero-order valence-corrected chi connectivity index (χ0v) is 6.94. The fraction of sp³-hybridized carbons (Fsp3) is 0.111. The van der Waals surface area contributed by atoms with Gasteiger partial charge in [-0.3, -0.25) is 0 Å². The van der Waals surface area contributed by atoms with E-state index < -0.39 is 0 Å². The van der Waals surface area contributed by atoms with Crippen LogP contribution in [0, 0.1) is 11.3 Å². The van der Waals surface area contributed by atoms with Crippen LogP contribution in [0.25, 0.3) is 0 Å². The lowest BCUT2D eigenvalue weighted by atomic mass is 10.2.